The third-order valence-corrected chi connectivity index (χ3v) is 3.60. The van der Waals surface area contributed by atoms with E-state index in [9.17, 15) is 4.79 Å². The van der Waals surface area contributed by atoms with Gasteiger partial charge in [-0.05, 0) is 43.6 Å². The first-order valence-corrected chi connectivity index (χ1v) is 7.01. The minimum absolute atomic E-state index is 0.337. The average Bonchev–Trinajstić information content (AvgIpc) is 2.48. The minimum Gasteiger partial charge on any atom is -0.467 e. The summed E-state index contributed by atoms with van der Waals surface area (Å²) in [5.41, 5.74) is 7.63. The Bertz CT molecular complexity index is 561. The van der Waals surface area contributed by atoms with Gasteiger partial charge < -0.3 is 4.74 Å². The van der Waals surface area contributed by atoms with Crippen LogP contribution in [0.25, 0.3) is 10.4 Å². The van der Waals surface area contributed by atoms with Gasteiger partial charge in [-0.25, -0.2) is 4.79 Å². The number of methoxy groups -OCH3 is 1. The van der Waals surface area contributed by atoms with Crippen LogP contribution in [0.3, 0.4) is 0 Å². The van der Waals surface area contributed by atoms with Crippen LogP contribution in [0.5, 0.6) is 0 Å². The molecule has 0 bridgehead atoms. The molecule has 1 unspecified atom stereocenters. The molecule has 0 fully saturated rings. The first kappa shape index (κ1) is 17.6. The maximum Gasteiger partial charge on any atom is 0.330 e. The first-order chi connectivity index (χ1) is 9.95. The van der Waals surface area contributed by atoms with E-state index >= 15 is 0 Å². The lowest BCUT2D eigenvalue weighted by Gasteiger charge is -2.29. The average molecular weight is 331 g/mol. The molecule has 8 heteroatoms. The fraction of sp³-hybridized carbons (Fsp3) is 0.462. The van der Waals surface area contributed by atoms with Gasteiger partial charge in [0.15, 0.2) is 0 Å². The number of hydrogen-bond donors (Lipinski definition) is 1. The Balaban J connectivity index is 3.00. The van der Waals surface area contributed by atoms with Gasteiger partial charge in [-0.15, -0.1) is 0 Å². The fourth-order valence-corrected chi connectivity index (χ4v) is 2.37. The van der Waals surface area contributed by atoms with E-state index in [0.29, 0.717) is 35.1 Å². The summed E-state index contributed by atoms with van der Waals surface area (Å²) in [6, 6.07) is 4.90. The van der Waals surface area contributed by atoms with E-state index in [1.165, 1.54) is 7.11 Å². The Morgan fingerprint density at radius 2 is 2.24 bits per heavy atom. The molecule has 0 aliphatic carbocycles. The number of nitrogens with one attached hydrogen (secondary N) is 1. The smallest absolute Gasteiger partial charge is 0.330 e. The van der Waals surface area contributed by atoms with Gasteiger partial charge in [0, 0.05) is 27.1 Å². The number of nitrogens with zero attached hydrogens (tertiary/aromatic N) is 3. The summed E-state index contributed by atoms with van der Waals surface area (Å²) in [5, 5.41) is 7.41. The van der Waals surface area contributed by atoms with Crippen molar-refractivity contribution in [3.63, 3.8) is 0 Å². The normalized spacial score (nSPS) is 13.1. The Hall–Kier alpha value is -1.46. The summed E-state index contributed by atoms with van der Waals surface area (Å²) >= 11 is 12.2. The molecule has 1 aromatic rings. The quantitative estimate of drug-likeness (QED) is 0.272. The zero-order valence-corrected chi connectivity index (χ0v) is 13.3. The molecule has 0 amide bonds. The summed E-state index contributed by atoms with van der Waals surface area (Å²) < 4.78 is 4.86. The molecule has 0 radical (unpaired) electrons. The van der Waals surface area contributed by atoms with Crippen LogP contribution in [0.15, 0.2) is 23.3 Å². The molecule has 0 saturated heterocycles. The molecular weight excluding hydrogens is 315 g/mol. The van der Waals surface area contributed by atoms with Crippen molar-refractivity contribution in [2.45, 2.75) is 18.9 Å². The van der Waals surface area contributed by atoms with Crippen molar-refractivity contribution < 1.29 is 9.53 Å². The molecule has 0 saturated carbocycles. The standard InChI is InChI=1S/C13H16Cl2N4O2/c1-13(12(20)21-2,17-6-3-7-18-19-16)10-8-9(14)4-5-11(10)15/h4-5,8,17H,3,6-7H2,1-2H3. The molecule has 1 N–H and O–H groups in total. The van der Waals surface area contributed by atoms with Crippen LogP contribution < -0.4 is 5.32 Å². The Morgan fingerprint density at radius 3 is 2.86 bits per heavy atom. The molecule has 0 aliphatic rings. The lowest BCUT2D eigenvalue weighted by molar-refractivity contribution is -0.148. The van der Waals surface area contributed by atoms with Gasteiger partial charge in [0.05, 0.1) is 7.11 Å². The summed E-state index contributed by atoms with van der Waals surface area (Å²) in [7, 11) is 1.31. The van der Waals surface area contributed by atoms with Gasteiger partial charge in [-0.2, -0.15) is 0 Å². The Labute approximate surface area is 133 Å². The van der Waals surface area contributed by atoms with Crippen molar-refractivity contribution in [1.29, 1.82) is 0 Å². The third-order valence-electron chi connectivity index (χ3n) is 3.04. The fourth-order valence-electron chi connectivity index (χ4n) is 1.90. The number of hydrogen-bond acceptors (Lipinski definition) is 4. The molecule has 0 aromatic heterocycles. The second-order valence-corrected chi connectivity index (χ2v) is 5.32. The number of benzene rings is 1. The molecule has 6 nitrogen and oxygen atoms in total. The number of esters is 1. The number of carbonyl (C=O) groups is 1. The van der Waals surface area contributed by atoms with E-state index in [-0.39, 0.29) is 0 Å². The predicted molar refractivity (Wildman–Crippen MR) is 82.5 cm³/mol. The molecule has 0 aliphatic heterocycles. The van der Waals surface area contributed by atoms with Crippen molar-refractivity contribution in [3.8, 4) is 0 Å². The van der Waals surface area contributed by atoms with Gasteiger partial charge in [0.2, 0.25) is 0 Å². The maximum atomic E-state index is 12.1. The highest BCUT2D eigenvalue weighted by Crippen LogP contribution is 2.31. The summed E-state index contributed by atoms with van der Waals surface area (Å²) in [5.74, 6) is -0.476. The minimum atomic E-state index is -1.13. The van der Waals surface area contributed by atoms with Crippen molar-refractivity contribution in [2.75, 3.05) is 20.2 Å². The molecule has 0 heterocycles. The molecule has 1 aromatic carbocycles. The third kappa shape index (κ3) is 4.51. The van der Waals surface area contributed by atoms with Crippen LogP contribution in [0.1, 0.15) is 18.9 Å². The molecule has 21 heavy (non-hydrogen) atoms. The van der Waals surface area contributed by atoms with E-state index in [1.54, 1.807) is 25.1 Å². The molecule has 114 valence electrons. The number of halogens is 2. The Kier molecular flexibility index (Phi) is 6.78. The monoisotopic (exact) mass is 330 g/mol. The zero-order chi connectivity index (χ0) is 15.9. The summed E-state index contributed by atoms with van der Waals surface area (Å²) in [6.45, 7) is 2.46. The van der Waals surface area contributed by atoms with Crippen molar-refractivity contribution in [3.05, 3.63) is 44.3 Å². The number of ether oxygens (including phenoxy) is 1. The van der Waals surface area contributed by atoms with Crippen LogP contribution in [0.2, 0.25) is 10.0 Å². The van der Waals surface area contributed by atoms with Crippen LogP contribution in [-0.2, 0) is 15.1 Å². The first-order valence-electron chi connectivity index (χ1n) is 6.25. The van der Waals surface area contributed by atoms with E-state index in [1.807, 2.05) is 0 Å². The van der Waals surface area contributed by atoms with Gasteiger partial charge in [-0.3, -0.25) is 5.32 Å². The van der Waals surface area contributed by atoms with Crippen LogP contribution in [0.4, 0.5) is 0 Å². The molecular formula is C13H16Cl2N4O2. The van der Waals surface area contributed by atoms with E-state index in [0.717, 1.165) is 0 Å². The van der Waals surface area contributed by atoms with Crippen molar-refractivity contribution in [1.82, 2.24) is 5.32 Å². The van der Waals surface area contributed by atoms with Crippen molar-refractivity contribution in [2.24, 2.45) is 5.11 Å². The second kappa shape index (κ2) is 8.10. The van der Waals surface area contributed by atoms with Gasteiger partial charge in [-0.1, -0.05) is 28.3 Å². The largest absolute Gasteiger partial charge is 0.467 e. The number of azide groups is 1. The van der Waals surface area contributed by atoms with Crippen LogP contribution in [-0.4, -0.2) is 26.2 Å². The van der Waals surface area contributed by atoms with Gasteiger partial charge in [0.25, 0.3) is 0 Å². The van der Waals surface area contributed by atoms with E-state index in [4.69, 9.17) is 33.5 Å². The highest BCUT2D eigenvalue weighted by molar-refractivity contribution is 6.33. The lowest BCUT2D eigenvalue weighted by atomic mass is 9.91. The molecule has 1 atom stereocenters. The van der Waals surface area contributed by atoms with Gasteiger partial charge in [0.1, 0.15) is 5.54 Å². The second-order valence-electron chi connectivity index (χ2n) is 4.48. The number of carbonyl (C=O) groups excluding carboxylic acids is 1. The highest BCUT2D eigenvalue weighted by atomic mass is 35.5. The number of rotatable bonds is 7. The Morgan fingerprint density at radius 1 is 1.52 bits per heavy atom. The highest BCUT2D eigenvalue weighted by Gasteiger charge is 2.37. The van der Waals surface area contributed by atoms with Crippen molar-refractivity contribution >= 4 is 29.2 Å². The van der Waals surface area contributed by atoms with Crippen LogP contribution >= 0.6 is 23.2 Å². The topological polar surface area (TPSA) is 87.1 Å². The van der Waals surface area contributed by atoms with Crippen LogP contribution in [0, 0.1) is 0 Å². The van der Waals surface area contributed by atoms with Gasteiger partial charge >= 0.3 is 5.97 Å². The SMILES string of the molecule is COC(=O)C(C)(NCCCN=[N+]=[N-])c1cc(Cl)ccc1Cl. The summed E-state index contributed by atoms with van der Waals surface area (Å²) in [6.07, 6.45) is 0.578. The molecule has 1 rings (SSSR count). The maximum absolute atomic E-state index is 12.1. The zero-order valence-electron chi connectivity index (χ0n) is 11.8. The summed E-state index contributed by atoms with van der Waals surface area (Å²) in [4.78, 5) is 14.8. The predicted octanol–water partition coefficient (Wildman–Crippen LogP) is 3.67. The lowest BCUT2D eigenvalue weighted by Crippen LogP contribution is -2.48. The van der Waals surface area contributed by atoms with E-state index < -0.39 is 11.5 Å². The molecule has 0 spiro atoms. The van der Waals surface area contributed by atoms with E-state index in [2.05, 4.69) is 15.3 Å².